The van der Waals surface area contributed by atoms with Crippen molar-refractivity contribution in [3.63, 3.8) is 0 Å². The second-order valence-corrected chi connectivity index (χ2v) is 6.42. The van der Waals surface area contributed by atoms with Crippen LogP contribution in [0.5, 0.6) is 0 Å². The summed E-state index contributed by atoms with van der Waals surface area (Å²) in [6, 6.07) is 7.84. The Morgan fingerprint density at radius 2 is 1.96 bits per heavy atom. The van der Waals surface area contributed by atoms with Gasteiger partial charge in [-0.25, -0.2) is 4.39 Å². The van der Waals surface area contributed by atoms with Crippen molar-refractivity contribution in [3.8, 4) is 0 Å². The second kappa shape index (κ2) is 7.09. The van der Waals surface area contributed by atoms with Gasteiger partial charge in [0.1, 0.15) is 0 Å². The highest BCUT2D eigenvalue weighted by atomic mass is 19.1. The number of hydrogen-bond acceptors (Lipinski definition) is 3. The number of piperidine rings is 1. The first kappa shape index (κ1) is 15.9. The molecule has 0 aromatic heterocycles. The van der Waals surface area contributed by atoms with Crippen LogP contribution in [0.1, 0.15) is 36.0 Å². The molecule has 1 spiro atoms. The minimum atomic E-state index is 0.0291. The fourth-order valence-corrected chi connectivity index (χ4v) is 3.54. The summed E-state index contributed by atoms with van der Waals surface area (Å²) in [7, 11) is 0. The number of anilines is 1. The van der Waals surface area contributed by atoms with Gasteiger partial charge in [0.25, 0.3) is 0 Å². The zero-order valence-corrected chi connectivity index (χ0v) is 13.3. The van der Waals surface area contributed by atoms with Gasteiger partial charge in [-0.15, -0.1) is 0 Å². The van der Waals surface area contributed by atoms with Crippen molar-refractivity contribution in [3.05, 3.63) is 54.4 Å². The van der Waals surface area contributed by atoms with Gasteiger partial charge in [0, 0.05) is 42.8 Å². The number of nitrogens with zero attached hydrogens (tertiary/aromatic N) is 1. The number of Topliss-reactive ketones (excluding diaryl/α,β-unsaturated/α-hetero) is 1. The molecule has 0 bridgehead atoms. The van der Waals surface area contributed by atoms with Crippen LogP contribution in [0.4, 0.5) is 10.1 Å². The van der Waals surface area contributed by atoms with Crippen LogP contribution in [0.2, 0.25) is 0 Å². The van der Waals surface area contributed by atoms with E-state index in [1.807, 2.05) is 30.3 Å². The maximum atomic E-state index is 12.3. The number of fused-ring (bicyclic) bond motifs is 1. The molecule has 1 aromatic carbocycles. The van der Waals surface area contributed by atoms with E-state index in [9.17, 15) is 9.18 Å². The molecular formula is C19H23FN2O. The molecule has 2 heterocycles. The molecule has 0 aliphatic carbocycles. The Bertz CT molecular complexity index is 616. The van der Waals surface area contributed by atoms with Crippen molar-refractivity contribution in [1.29, 1.82) is 0 Å². The quantitative estimate of drug-likeness (QED) is 0.858. The third kappa shape index (κ3) is 3.70. The molecule has 2 aliphatic heterocycles. The van der Waals surface area contributed by atoms with E-state index in [0.717, 1.165) is 50.1 Å². The molecular weight excluding hydrogens is 291 g/mol. The largest absolute Gasteiger partial charge is 0.379 e. The van der Waals surface area contributed by atoms with Crippen LogP contribution >= 0.6 is 0 Å². The normalized spacial score (nSPS) is 21.5. The van der Waals surface area contributed by atoms with Gasteiger partial charge in [-0.3, -0.25) is 9.69 Å². The standard InChI is InChI=1S/C19H23FN2O/c20-12-4-1-5-13-22-14-10-19(11-15-22)9-8-18(23)16-6-2-3-7-17(16)21-19/h1-7,12,21H,8-11,13-15H2/b5-1+,12-4+. The molecule has 0 amide bonds. The summed E-state index contributed by atoms with van der Waals surface area (Å²) < 4.78 is 11.9. The van der Waals surface area contributed by atoms with E-state index in [0.29, 0.717) is 12.8 Å². The highest BCUT2D eigenvalue weighted by molar-refractivity contribution is 6.02. The van der Waals surface area contributed by atoms with E-state index >= 15 is 0 Å². The molecule has 3 nitrogen and oxygen atoms in total. The summed E-state index contributed by atoms with van der Waals surface area (Å²) in [5, 5.41) is 3.68. The van der Waals surface area contributed by atoms with Crippen LogP contribution in [-0.2, 0) is 0 Å². The molecule has 1 aromatic rings. The third-order valence-corrected chi connectivity index (χ3v) is 4.95. The van der Waals surface area contributed by atoms with Gasteiger partial charge >= 0.3 is 0 Å². The summed E-state index contributed by atoms with van der Waals surface area (Å²) in [4.78, 5) is 14.7. The number of likely N-dealkylation sites (tertiary alicyclic amines) is 1. The lowest BCUT2D eigenvalue weighted by Crippen LogP contribution is -2.49. The highest BCUT2D eigenvalue weighted by Gasteiger charge is 2.37. The number of benzene rings is 1. The molecule has 122 valence electrons. The van der Waals surface area contributed by atoms with Gasteiger partial charge in [0.2, 0.25) is 0 Å². The Kier molecular flexibility index (Phi) is 4.91. The first-order valence-corrected chi connectivity index (χ1v) is 8.27. The van der Waals surface area contributed by atoms with Gasteiger partial charge in [-0.05, 0) is 37.5 Å². The Balaban J connectivity index is 1.65. The van der Waals surface area contributed by atoms with E-state index in [2.05, 4.69) is 10.2 Å². The summed E-state index contributed by atoms with van der Waals surface area (Å²) in [6.45, 7) is 2.83. The predicted octanol–water partition coefficient (Wildman–Crippen LogP) is 3.95. The summed E-state index contributed by atoms with van der Waals surface area (Å²) in [5.74, 6) is 0.244. The fraction of sp³-hybridized carbons (Fsp3) is 0.421. The maximum absolute atomic E-state index is 12.3. The number of para-hydroxylation sites is 1. The number of rotatable bonds is 3. The average molecular weight is 314 g/mol. The van der Waals surface area contributed by atoms with Gasteiger partial charge < -0.3 is 5.32 Å². The van der Waals surface area contributed by atoms with E-state index in [1.165, 1.54) is 6.08 Å². The van der Waals surface area contributed by atoms with E-state index in [4.69, 9.17) is 0 Å². The van der Waals surface area contributed by atoms with Crippen LogP contribution in [0.3, 0.4) is 0 Å². The number of hydrogen-bond donors (Lipinski definition) is 1. The van der Waals surface area contributed by atoms with E-state index < -0.39 is 0 Å². The summed E-state index contributed by atoms with van der Waals surface area (Å²) in [6.07, 6.45) is 9.24. The minimum Gasteiger partial charge on any atom is -0.379 e. The van der Waals surface area contributed by atoms with Gasteiger partial charge in [-0.1, -0.05) is 24.3 Å². The molecule has 1 fully saturated rings. The number of carbonyl (C=O) groups is 1. The molecule has 2 aliphatic rings. The number of carbonyl (C=O) groups excluding carboxylic acids is 1. The predicted molar refractivity (Wildman–Crippen MR) is 91.4 cm³/mol. The van der Waals surface area contributed by atoms with Gasteiger partial charge in [-0.2, -0.15) is 0 Å². The van der Waals surface area contributed by atoms with Crippen LogP contribution < -0.4 is 5.32 Å². The first-order valence-electron chi connectivity index (χ1n) is 8.27. The minimum absolute atomic E-state index is 0.0291. The highest BCUT2D eigenvalue weighted by Crippen LogP contribution is 2.36. The second-order valence-electron chi connectivity index (χ2n) is 6.42. The number of halogens is 1. The topological polar surface area (TPSA) is 32.3 Å². The molecule has 0 unspecified atom stereocenters. The Labute approximate surface area is 136 Å². The molecule has 0 radical (unpaired) electrons. The third-order valence-electron chi connectivity index (χ3n) is 4.95. The fourth-order valence-electron chi connectivity index (χ4n) is 3.54. The monoisotopic (exact) mass is 314 g/mol. The molecule has 23 heavy (non-hydrogen) atoms. The molecule has 1 N–H and O–H groups in total. The molecule has 1 saturated heterocycles. The van der Waals surface area contributed by atoms with Gasteiger partial charge in [0.15, 0.2) is 5.78 Å². The summed E-state index contributed by atoms with van der Waals surface area (Å²) >= 11 is 0. The van der Waals surface area contributed by atoms with E-state index in [1.54, 1.807) is 6.08 Å². The van der Waals surface area contributed by atoms with Gasteiger partial charge in [0.05, 0.1) is 6.33 Å². The lowest BCUT2D eigenvalue weighted by Gasteiger charge is -2.42. The Morgan fingerprint density at radius 1 is 1.17 bits per heavy atom. The SMILES string of the molecule is O=C1CCC2(CCN(C/C=C/C=C/F)CC2)Nc2ccccc21. The number of allylic oxidation sites excluding steroid dienone is 2. The number of ketones is 1. The molecule has 0 atom stereocenters. The zero-order valence-electron chi connectivity index (χ0n) is 13.3. The lowest BCUT2D eigenvalue weighted by atomic mass is 9.83. The van der Waals surface area contributed by atoms with Crippen LogP contribution in [0.15, 0.2) is 48.8 Å². The smallest absolute Gasteiger partial charge is 0.165 e. The molecule has 0 saturated carbocycles. The van der Waals surface area contributed by atoms with Crippen molar-refractivity contribution in [2.75, 3.05) is 25.0 Å². The van der Waals surface area contributed by atoms with E-state index in [-0.39, 0.29) is 11.3 Å². The Morgan fingerprint density at radius 3 is 2.74 bits per heavy atom. The lowest BCUT2D eigenvalue weighted by molar-refractivity contribution is 0.0967. The summed E-state index contributed by atoms with van der Waals surface area (Å²) in [5.41, 5.74) is 1.84. The van der Waals surface area contributed by atoms with Crippen molar-refractivity contribution in [2.45, 2.75) is 31.2 Å². The van der Waals surface area contributed by atoms with Crippen molar-refractivity contribution >= 4 is 11.5 Å². The number of nitrogens with one attached hydrogen (secondary N) is 1. The zero-order chi connectivity index (χ0) is 16.1. The van der Waals surface area contributed by atoms with Crippen LogP contribution in [0, 0.1) is 0 Å². The van der Waals surface area contributed by atoms with Crippen molar-refractivity contribution in [1.82, 2.24) is 4.90 Å². The Hall–Kier alpha value is -1.94. The molecule has 3 rings (SSSR count). The molecule has 4 heteroatoms. The first-order chi connectivity index (χ1) is 11.2. The van der Waals surface area contributed by atoms with Crippen molar-refractivity contribution < 1.29 is 9.18 Å². The maximum Gasteiger partial charge on any atom is 0.165 e. The van der Waals surface area contributed by atoms with Crippen LogP contribution in [0.25, 0.3) is 0 Å². The van der Waals surface area contributed by atoms with Crippen LogP contribution in [-0.4, -0.2) is 35.9 Å². The van der Waals surface area contributed by atoms with Crippen molar-refractivity contribution in [2.24, 2.45) is 0 Å². The average Bonchev–Trinajstić information content (AvgIpc) is 2.71.